The van der Waals surface area contributed by atoms with Gasteiger partial charge in [0.15, 0.2) is 0 Å². The number of hydrogen-bond donors (Lipinski definition) is 0. The Bertz CT molecular complexity index is 215. The second kappa shape index (κ2) is 7.25. The fourth-order valence-corrected chi connectivity index (χ4v) is 0.483. The molecule has 0 atom stereocenters. The second-order valence-corrected chi connectivity index (χ2v) is 1.54. The first-order valence-corrected chi connectivity index (χ1v) is 7.00. The van der Waals surface area contributed by atoms with Gasteiger partial charge >= 0.3 is 27.0 Å². The zero-order valence-corrected chi connectivity index (χ0v) is 10.3. The van der Waals surface area contributed by atoms with E-state index < -0.39 is 5.97 Å². The summed E-state index contributed by atoms with van der Waals surface area (Å²) in [7, 11) is 4.76. The van der Waals surface area contributed by atoms with Crippen LogP contribution < -0.4 is 0 Å². The summed E-state index contributed by atoms with van der Waals surface area (Å²) in [6.45, 7) is 2.06. The number of esters is 1. The third kappa shape index (κ3) is 3.83. The van der Waals surface area contributed by atoms with E-state index in [0.717, 1.165) is 17.3 Å². The van der Waals surface area contributed by atoms with Crippen molar-refractivity contribution < 1.29 is 31.3 Å². The van der Waals surface area contributed by atoms with Gasteiger partial charge in [-0.15, -0.1) is 0 Å². The van der Waals surface area contributed by atoms with Crippen molar-refractivity contribution in [1.82, 2.24) is 4.98 Å². The Morgan fingerprint density at radius 2 is 2.58 bits per heavy atom. The molecule has 4 nitrogen and oxygen atoms in total. The number of oxazole rings is 1. The first kappa shape index (κ1) is 11.6. The molecule has 0 spiro atoms. The minimum absolute atomic E-state index is 0.154. The molecule has 0 amide bonds. The quantitative estimate of drug-likeness (QED) is 0.445. The van der Waals surface area contributed by atoms with Crippen LogP contribution in [0.25, 0.3) is 0 Å². The molecule has 0 unspecified atom stereocenters. The van der Waals surface area contributed by atoms with Gasteiger partial charge in [0, 0.05) is 5.69 Å². The van der Waals surface area contributed by atoms with Crippen LogP contribution in [0.3, 0.4) is 0 Å². The van der Waals surface area contributed by atoms with Gasteiger partial charge in [-0.3, -0.25) is 4.79 Å². The number of rotatable bonds is 2. The first-order valence-electron chi connectivity index (χ1n) is 3.10. The third-order valence-electron chi connectivity index (χ3n) is 0.874. The topological polar surface area (TPSA) is 52.3 Å². The van der Waals surface area contributed by atoms with Crippen LogP contribution in [-0.2, 0) is 22.0 Å². The molecule has 0 saturated heterocycles. The Kier molecular flexibility index (Phi) is 7.01. The number of hydrogen-bond acceptors (Lipinski definition) is 4. The molecule has 0 saturated carbocycles. The van der Waals surface area contributed by atoms with E-state index in [2.05, 4.69) is 20.5 Å². The molecule has 0 aliphatic rings. The summed E-state index contributed by atoms with van der Waals surface area (Å²) in [5.74, 6) is -0.479. The predicted octanol–water partition coefficient (Wildman–Crippen LogP) is 1.34. The van der Waals surface area contributed by atoms with E-state index >= 15 is 0 Å². The van der Waals surface area contributed by atoms with Gasteiger partial charge in [-0.05, 0) is 13.2 Å². The van der Waals surface area contributed by atoms with E-state index in [-0.39, 0.29) is 5.69 Å². The van der Waals surface area contributed by atoms with Gasteiger partial charge in [-0.25, -0.2) is 0 Å². The molecule has 1 heterocycles. The van der Waals surface area contributed by atoms with Gasteiger partial charge in [0.05, 0.1) is 6.61 Å². The summed E-state index contributed by atoms with van der Waals surface area (Å²) < 4.78 is 9.05. The fraction of sp³-hybridized carbons (Fsp3) is 0.333. The van der Waals surface area contributed by atoms with Crippen LogP contribution in [0.5, 0.6) is 0 Å². The Hall–Kier alpha value is -0.407. The van der Waals surface area contributed by atoms with Crippen LogP contribution in [-0.4, -0.2) is 17.6 Å². The summed E-state index contributed by atoms with van der Waals surface area (Å²) in [4.78, 5) is 14.2. The second-order valence-electron chi connectivity index (χ2n) is 1.54. The van der Waals surface area contributed by atoms with E-state index in [1.807, 2.05) is 0 Å². The number of ether oxygens (including phenoxy) is 1. The molecule has 1 aromatic rings. The predicted molar refractivity (Wildman–Crippen MR) is 37.1 cm³/mol. The standard InChI is InChI=1S/C6H6NO3.ClH.Zn/c1-2-10-6(8)5-3-9-4-7-5;;/h3H,2H2,1H3;1H;/q-1;;+2/p-1. The minimum atomic E-state index is -0.479. The fourth-order valence-electron chi connectivity index (χ4n) is 0.483. The van der Waals surface area contributed by atoms with Crippen molar-refractivity contribution >= 4 is 15.7 Å². The third-order valence-corrected chi connectivity index (χ3v) is 0.874. The molecule has 0 radical (unpaired) electrons. The molecule has 0 fully saturated rings. The molecule has 0 N–H and O–H groups in total. The van der Waals surface area contributed by atoms with Crippen molar-refractivity contribution in [2.24, 2.45) is 0 Å². The van der Waals surface area contributed by atoms with Gasteiger partial charge in [0.25, 0.3) is 5.97 Å². The van der Waals surface area contributed by atoms with Gasteiger partial charge in [-0.1, -0.05) is 0 Å². The molecule has 1 rings (SSSR count). The van der Waals surface area contributed by atoms with Gasteiger partial charge in [-0.2, -0.15) is 0 Å². The van der Waals surface area contributed by atoms with Crippen molar-refractivity contribution in [2.45, 2.75) is 6.92 Å². The first-order chi connectivity index (χ1) is 5.84. The maximum atomic E-state index is 10.7. The molecule has 6 heteroatoms. The van der Waals surface area contributed by atoms with E-state index in [0.29, 0.717) is 6.61 Å². The average molecular weight is 241 g/mol. The van der Waals surface area contributed by atoms with Crippen LogP contribution in [0.4, 0.5) is 0 Å². The summed E-state index contributed by atoms with van der Waals surface area (Å²) in [6.07, 6.45) is 3.34. The molecule has 62 valence electrons. The van der Waals surface area contributed by atoms with Gasteiger partial charge in [0.1, 0.15) is 6.39 Å². The molecular weight excluding hydrogens is 235 g/mol. The zero-order valence-electron chi connectivity index (χ0n) is 6.54. The molecule has 0 aliphatic heterocycles. The normalized spacial score (nSPS) is 8.33. The van der Waals surface area contributed by atoms with Crippen LogP contribution in [0.15, 0.2) is 10.7 Å². The van der Waals surface area contributed by atoms with Crippen LogP contribution in [0.1, 0.15) is 17.4 Å². The van der Waals surface area contributed by atoms with Crippen LogP contribution in [0, 0.1) is 6.39 Å². The monoisotopic (exact) mass is 239 g/mol. The van der Waals surface area contributed by atoms with Crippen molar-refractivity contribution in [3.8, 4) is 0 Å². The van der Waals surface area contributed by atoms with E-state index in [4.69, 9.17) is 9.69 Å². The number of carbonyl (C=O) groups is 1. The Morgan fingerprint density at radius 1 is 1.92 bits per heavy atom. The molecule has 0 aromatic carbocycles. The average Bonchev–Trinajstić information content (AvgIpc) is 2.60. The molecular formula is C6H6ClNO3Zn. The Morgan fingerprint density at radius 3 is 3.00 bits per heavy atom. The number of halogens is 1. The molecule has 0 aliphatic carbocycles. The number of carbonyl (C=O) groups excluding carboxylic acids is 1. The Labute approximate surface area is 84.0 Å². The summed E-state index contributed by atoms with van der Waals surface area (Å²) in [5, 5.41) is 0. The van der Waals surface area contributed by atoms with Crippen molar-refractivity contribution in [3.63, 3.8) is 0 Å². The summed E-state index contributed by atoms with van der Waals surface area (Å²) in [6, 6.07) is 0. The van der Waals surface area contributed by atoms with Crippen molar-refractivity contribution in [2.75, 3.05) is 6.61 Å². The van der Waals surface area contributed by atoms with Crippen molar-refractivity contribution in [1.29, 1.82) is 0 Å². The molecule has 0 bridgehead atoms. The van der Waals surface area contributed by atoms with Gasteiger partial charge < -0.3 is 14.1 Å². The van der Waals surface area contributed by atoms with Crippen LogP contribution >= 0.6 is 9.69 Å². The summed E-state index contributed by atoms with van der Waals surface area (Å²) in [5.41, 5.74) is 0.154. The van der Waals surface area contributed by atoms with Gasteiger partial charge in [0.2, 0.25) is 0 Å². The zero-order chi connectivity index (χ0) is 9.40. The SMILES string of the molecule is CCOC(=O)c1co[c-]n1.[Cl][Zn+]. The van der Waals surface area contributed by atoms with E-state index in [1.54, 1.807) is 6.92 Å². The summed E-state index contributed by atoms with van der Waals surface area (Å²) >= 11 is 0.847. The van der Waals surface area contributed by atoms with Crippen molar-refractivity contribution in [3.05, 3.63) is 18.4 Å². The number of nitrogens with zero attached hydrogens (tertiary/aromatic N) is 1. The molecule has 1 aromatic heterocycles. The van der Waals surface area contributed by atoms with E-state index in [1.165, 1.54) is 6.26 Å². The van der Waals surface area contributed by atoms with Crippen LogP contribution in [0.2, 0.25) is 0 Å². The maximum absolute atomic E-state index is 10.7. The number of aromatic nitrogens is 1. The Balaban J connectivity index is 0.000000561. The molecule has 12 heavy (non-hydrogen) atoms. The van der Waals surface area contributed by atoms with E-state index in [9.17, 15) is 4.79 Å².